The summed E-state index contributed by atoms with van der Waals surface area (Å²) in [5, 5.41) is 18.1. The molecule has 2 rings (SSSR count). The van der Waals surface area contributed by atoms with Gasteiger partial charge < -0.3 is 15.1 Å². The topological polar surface area (TPSA) is 77.8 Å². The highest BCUT2D eigenvalue weighted by molar-refractivity contribution is 5.76. The van der Waals surface area contributed by atoms with Crippen LogP contribution in [0.2, 0.25) is 0 Å². The van der Waals surface area contributed by atoms with Crippen LogP contribution in [-0.2, 0) is 4.79 Å². The molecule has 1 aliphatic carbocycles. The zero-order chi connectivity index (χ0) is 12.7. The van der Waals surface area contributed by atoms with Gasteiger partial charge in [0.05, 0.1) is 5.41 Å². The van der Waals surface area contributed by atoms with Gasteiger partial charge in [-0.25, -0.2) is 4.79 Å². The number of rotatable bonds is 2. The van der Waals surface area contributed by atoms with Crippen molar-refractivity contribution in [2.75, 3.05) is 13.1 Å². The molecule has 96 valence electrons. The predicted molar refractivity (Wildman–Crippen MR) is 60.9 cm³/mol. The summed E-state index contributed by atoms with van der Waals surface area (Å²) < 4.78 is 0. The fourth-order valence-corrected chi connectivity index (χ4v) is 3.46. The minimum absolute atomic E-state index is 0.0976. The summed E-state index contributed by atoms with van der Waals surface area (Å²) in [5.74, 6) is -0.689. The minimum Gasteiger partial charge on any atom is -0.481 e. The van der Waals surface area contributed by atoms with Crippen LogP contribution in [0.15, 0.2) is 0 Å². The van der Waals surface area contributed by atoms with Crippen LogP contribution in [-0.4, -0.2) is 40.3 Å². The average Bonchev–Trinajstić information content (AvgIpc) is 2.25. The fraction of sp³-hybridized carbons (Fsp3) is 0.833. The molecule has 2 aliphatic rings. The van der Waals surface area contributed by atoms with E-state index in [4.69, 9.17) is 5.11 Å². The molecule has 5 heteroatoms. The lowest BCUT2D eigenvalue weighted by atomic mass is 9.49. The molecule has 2 N–H and O–H groups in total. The first-order chi connectivity index (χ1) is 7.93. The number of likely N-dealkylation sites (tertiary alicyclic amines) is 1. The summed E-state index contributed by atoms with van der Waals surface area (Å²) in [6.07, 6.45) is 2.88. The quantitative estimate of drug-likeness (QED) is 0.775. The first kappa shape index (κ1) is 12.2. The third kappa shape index (κ3) is 1.87. The fourth-order valence-electron chi connectivity index (χ4n) is 3.46. The number of carboxylic acid groups (broad SMARTS) is 2. The number of amides is 1. The summed E-state index contributed by atoms with van der Waals surface area (Å²) in [6, 6.07) is 0. The van der Waals surface area contributed by atoms with E-state index in [2.05, 4.69) is 0 Å². The van der Waals surface area contributed by atoms with Crippen molar-refractivity contribution in [1.29, 1.82) is 0 Å². The molecule has 1 heterocycles. The van der Waals surface area contributed by atoms with E-state index < -0.39 is 17.5 Å². The molecule has 0 aromatic heterocycles. The SMILES string of the molecule is CCC1(C(=O)O)CC2(CCN(C(=O)O)CC2)C1. The Morgan fingerprint density at radius 1 is 1.18 bits per heavy atom. The maximum absolute atomic E-state index is 11.2. The highest BCUT2D eigenvalue weighted by Gasteiger charge is 2.58. The summed E-state index contributed by atoms with van der Waals surface area (Å²) in [4.78, 5) is 23.5. The first-order valence-electron chi connectivity index (χ1n) is 6.14. The first-order valence-corrected chi connectivity index (χ1v) is 6.14. The van der Waals surface area contributed by atoms with Crippen molar-refractivity contribution in [2.24, 2.45) is 10.8 Å². The Balaban J connectivity index is 1.95. The maximum atomic E-state index is 11.2. The summed E-state index contributed by atoms with van der Waals surface area (Å²) in [5.41, 5.74) is -0.439. The van der Waals surface area contributed by atoms with Gasteiger partial charge in [0.25, 0.3) is 0 Å². The molecule has 0 radical (unpaired) electrons. The second-order valence-corrected chi connectivity index (χ2v) is 5.56. The molecular weight excluding hydrogens is 222 g/mol. The molecule has 0 atom stereocenters. The van der Waals surface area contributed by atoms with Crippen molar-refractivity contribution in [3.63, 3.8) is 0 Å². The van der Waals surface area contributed by atoms with E-state index >= 15 is 0 Å². The number of hydrogen-bond acceptors (Lipinski definition) is 2. The molecule has 1 spiro atoms. The number of carbonyl (C=O) groups is 2. The van der Waals surface area contributed by atoms with Gasteiger partial charge in [-0.2, -0.15) is 0 Å². The molecule has 2 fully saturated rings. The Kier molecular flexibility index (Phi) is 2.79. The van der Waals surface area contributed by atoms with E-state index in [-0.39, 0.29) is 5.41 Å². The summed E-state index contributed by atoms with van der Waals surface area (Å²) >= 11 is 0. The van der Waals surface area contributed by atoms with E-state index in [1.165, 1.54) is 4.90 Å². The zero-order valence-corrected chi connectivity index (χ0v) is 10.1. The Morgan fingerprint density at radius 2 is 1.71 bits per heavy atom. The Morgan fingerprint density at radius 3 is 2.06 bits per heavy atom. The molecule has 17 heavy (non-hydrogen) atoms. The smallest absolute Gasteiger partial charge is 0.407 e. The summed E-state index contributed by atoms with van der Waals surface area (Å²) in [6.45, 7) is 3.02. The van der Waals surface area contributed by atoms with Crippen LogP contribution in [0.25, 0.3) is 0 Å². The van der Waals surface area contributed by atoms with E-state index in [0.717, 1.165) is 25.7 Å². The Hall–Kier alpha value is -1.26. The van der Waals surface area contributed by atoms with Gasteiger partial charge in [-0.05, 0) is 37.5 Å². The highest BCUT2D eigenvalue weighted by atomic mass is 16.4. The van der Waals surface area contributed by atoms with E-state index in [0.29, 0.717) is 19.5 Å². The van der Waals surface area contributed by atoms with Gasteiger partial charge in [-0.1, -0.05) is 6.92 Å². The van der Waals surface area contributed by atoms with Crippen molar-refractivity contribution >= 4 is 12.1 Å². The summed E-state index contributed by atoms with van der Waals surface area (Å²) in [7, 11) is 0. The van der Waals surface area contributed by atoms with Crippen molar-refractivity contribution in [1.82, 2.24) is 4.90 Å². The standard InChI is InChI=1S/C12H19NO4/c1-2-12(9(14)15)7-11(8-12)3-5-13(6-4-11)10(16)17/h2-8H2,1H3,(H,14,15)(H,16,17). The number of carboxylic acids is 1. The minimum atomic E-state index is -0.862. The van der Waals surface area contributed by atoms with Crippen LogP contribution >= 0.6 is 0 Å². The van der Waals surface area contributed by atoms with Crippen molar-refractivity contribution < 1.29 is 19.8 Å². The lowest BCUT2D eigenvalue weighted by molar-refractivity contribution is -0.170. The van der Waals surface area contributed by atoms with Crippen LogP contribution in [0, 0.1) is 10.8 Å². The maximum Gasteiger partial charge on any atom is 0.407 e. The molecule has 0 aromatic rings. The Labute approximate surface area is 100 Å². The monoisotopic (exact) mass is 241 g/mol. The third-order valence-corrected chi connectivity index (χ3v) is 4.65. The van der Waals surface area contributed by atoms with Crippen molar-refractivity contribution in [3.05, 3.63) is 0 Å². The zero-order valence-electron chi connectivity index (χ0n) is 10.1. The molecule has 1 aliphatic heterocycles. The molecule has 5 nitrogen and oxygen atoms in total. The van der Waals surface area contributed by atoms with Gasteiger partial charge >= 0.3 is 12.1 Å². The van der Waals surface area contributed by atoms with Gasteiger partial charge in [-0.3, -0.25) is 4.79 Å². The lowest BCUT2D eigenvalue weighted by Gasteiger charge is -2.56. The molecule has 1 saturated carbocycles. The van der Waals surface area contributed by atoms with E-state index in [9.17, 15) is 14.7 Å². The molecule has 1 saturated heterocycles. The largest absolute Gasteiger partial charge is 0.481 e. The van der Waals surface area contributed by atoms with Gasteiger partial charge in [0, 0.05) is 13.1 Å². The van der Waals surface area contributed by atoms with Crippen LogP contribution < -0.4 is 0 Å². The normalized spacial score (nSPS) is 25.4. The van der Waals surface area contributed by atoms with Crippen LogP contribution in [0.5, 0.6) is 0 Å². The third-order valence-electron chi connectivity index (χ3n) is 4.65. The van der Waals surface area contributed by atoms with Crippen molar-refractivity contribution in [2.45, 2.75) is 39.0 Å². The Bertz CT molecular complexity index is 336. The van der Waals surface area contributed by atoms with Gasteiger partial charge in [0.1, 0.15) is 0 Å². The number of nitrogens with zero attached hydrogens (tertiary/aromatic N) is 1. The number of hydrogen-bond donors (Lipinski definition) is 2. The molecule has 0 bridgehead atoms. The van der Waals surface area contributed by atoms with Crippen LogP contribution in [0.4, 0.5) is 4.79 Å². The van der Waals surface area contributed by atoms with Gasteiger partial charge in [-0.15, -0.1) is 0 Å². The van der Waals surface area contributed by atoms with Crippen LogP contribution in [0.3, 0.4) is 0 Å². The molecular formula is C12H19NO4. The van der Waals surface area contributed by atoms with E-state index in [1.807, 2.05) is 6.92 Å². The molecule has 0 aromatic carbocycles. The number of piperidine rings is 1. The van der Waals surface area contributed by atoms with Crippen LogP contribution in [0.1, 0.15) is 39.0 Å². The lowest BCUT2D eigenvalue weighted by Crippen LogP contribution is -2.55. The number of aliphatic carboxylic acids is 1. The van der Waals surface area contributed by atoms with Crippen molar-refractivity contribution in [3.8, 4) is 0 Å². The second kappa shape index (κ2) is 3.89. The molecule has 0 unspecified atom stereocenters. The van der Waals surface area contributed by atoms with Gasteiger partial charge in [0.2, 0.25) is 0 Å². The van der Waals surface area contributed by atoms with Gasteiger partial charge in [0.15, 0.2) is 0 Å². The highest BCUT2D eigenvalue weighted by Crippen LogP contribution is 2.61. The average molecular weight is 241 g/mol. The second-order valence-electron chi connectivity index (χ2n) is 5.56. The molecule has 1 amide bonds. The van der Waals surface area contributed by atoms with E-state index in [1.54, 1.807) is 0 Å². The predicted octanol–water partition coefficient (Wildman–Crippen LogP) is 2.02.